The minimum absolute atomic E-state index is 0. The van der Waals surface area contributed by atoms with E-state index in [2.05, 4.69) is 0 Å². The predicted octanol–water partition coefficient (Wildman–Crippen LogP) is 2.91. The second kappa shape index (κ2) is 5.93. The quantitative estimate of drug-likeness (QED) is 0.871. The fourth-order valence-corrected chi connectivity index (χ4v) is 1.36. The summed E-state index contributed by atoms with van der Waals surface area (Å²) in [6.45, 7) is 3.99. The molecule has 0 amide bonds. The van der Waals surface area contributed by atoms with Crippen LogP contribution in [0.25, 0.3) is 0 Å². The van der Waals surface area contributed by atoms with E-state index in [4.69, 9.17) is 10.5 Å². The van der Waals surface area contributed by atoms with Gasteiger partial charge in [-0.1, -0.05) is 26.0 Å². The third-order valence-corrected chi connectivity index (χ3v) is 2.28. The van der Waals surface area contributed by atoms with Crippen LogP contribution < -0.4 is 10.5 Å². The molecule has 0 radical (unpaired) electrons. The van der Waals surface area contributed by atoms with Crippen LogP contribution in [0.4, 0.5) is 4.39 Å². The van der Waals surface area contributed by atoms with Crippen molar-refractivity contribution in [2.75, 3.05) is 7.11 Å². The Hall–Kier alpha value is -0.800. The lowest BCUT2D eigenvalue weighted by molar-refractivity contribution is 0.370. The Morgan fingerprint density at radius 1 is 1.33 bits per heavy atom. The Bertz CT molecular complexity index is 317. The lowest BCUT2D eigenvalue weighted by atomic mass is 9.96. The second-order valence-corrected chi connectivity index (χ2v) is 3.63. The number of benzene rings is 1. The highest BCUT2D eigenvalue weighted by Crippen LogP contribution is 2.30. The molecular formula is C11H17ClFNO. The average molecular weight is 234 g/mol. The van der Waals surface area contributed by atoms with E-state index in [-0.39, 0.29) is 35.9 Å². The van der Waals surface area contributed by atoms with E-state index in [0.717, 1.165) is 5.56 Å². The molecule has 1 aromatic carbocycles. The van der Waals surface area contributed by atoms with Crippen LogP contribution >= 0.6 is 12.4 Å². The molecule has 1 rings (SSSR count). The lowest BCUT2D eigenvalue weighted by Crippen LogP contribution is -2.17. The molecule has 1 aromatic rings. The first-order chi connectivity index (χ1) is 6.57. The number of rotatable bonds is 3. The molecule has 0 fully saturated rings. The maximum atomic E-state index is 13.3. The highest BCUT2D eigenvalue weighted by Gasteiger charge is 2.17. The predicted molar refractivity (Wildman–Crippen MR) is 62.0 cm³/mol. The highest BCUT2D eigenvalue weighted by atomic mass is 35.5. The monoisotopic (exact) mass is 233 g/mol. The Balaban J connectivity index is 0.00000196. The number of hydrogen-bond acceptors (Lipinski definition) is 2. The fourth-order valence-electron chi connectivity index (χ4n) is 1.36. The van der Waals surface area contributed by atoms with Gasteiger partial charge in [0.2, 0.25) is 0 Å². The van der Waals surface area contributed by atoms with E-state index in [1.807, 2.05) is 13.8 Å². The van der Waals surface area contributed by atoms with Gasteiger partial charge in [0.1, 0.15) is 0 Å². The van der Waals surface area contributed by atoms with E-state index in [1.54, 1.807) is 12.1 Å². The smallest absolute Gasteiger partial charge is 0.165 e. The van der Waals surface area contributed by atoms with Crippen LogP contribution in [-0.4, -0.2) is 7.11 Å². The first-order valence-corrected chi connectivity index (χ1v) is 4.66. The van der Waals surface area contributed by atoms with Crippen molar-refractivity contribution in [3.63, 3.8) is 0 Å². The molecule has 0 saturated heterocycles. The molecular weight excluding hydrogens is 217 g/mol. The first kappa shape index (κ1) is 14.2. The molecule has 2 nitrogen and oxygen atoms in total. The van der Waals surface area contributed by atoms with Crippen molar-refractivity contribution < 1.29 is 9.13 Å². The molecule has 0 aromatic heterocycles. The van der Waals surface area contributed by atoms with E-state index in [0.29, 0.717) is 0 Å². The lowest BCUT2D eigenvalue weighted by Gasteiger charge is -2.19. The maximum absolute atomic E-state index is 13.3. The standard InChI is InChI=1S/C11H16FNO.ClH/c1-7(2)10(13)8-5-4-6-9(12)11(8)14-3;/h4-7,10H,13H2,1-3H3;1H. The van der Waals surface area contributed by atoms with Crippen LogP contribution in [0.1, 0.15) is 25.5 Å². The zero-order valence-electron chi connectivity index (χ0n) is 9.16. The van der Waals surface area contributed by atoms with Crippen molar-refractivity contribution in [3.05, 3.63) is 29.6 Å². The second-order valence-electron chi connectivity index (χ2n) is 3.63. The van der Waals surface area contributed by atoms with Gasteiger partial charge in [0.25, 0.3) is 0 Å². The molecule has 0 heterocycles. The Morgan fingerprint density at radius 2 is 1.93 bits per heavy atom. The van der Waals surface area contributed by atoms with Gasteiger partial charge in [-0.25, -0.2) is 4.39 Å². The molecule has 2 N–H and O–H groups in total. The van der Waals surface area contributed by atoms with Crippen molar-refractivity contribution >= 4 is 12.4 Å². The molecule has 4 heteroatoms. The Kier molecular flexibility index (Phi) is 5.61. The molecule has 0 bridgehead atoms. The molecule has 0 spiro atoms. The van der Waals surface area contributed by atoms with Crippen LogP contribution in [0.2, 0.25) is 0 Å². The van der Waals surface area contributed by atoms with Gasteiger partial charge in [0.15, 0.2) is 11.6 Å². The summed E-state index contributed by atoms with van der Waals surface area (Å²) in [7, 11) is 1.45. The van der Waals surface area contributed by atoms with Crippen molar-refractivity contribution in [1.29, 1.82) is 0 Å². The Labute approximate surface area is 96.0 Å². The van der Waals surface area contributed by atoms with Gasteiger partial charge in [-0.15, -0.1) is 12.4 Å². The molecule has 0 aliphatic rings. The number of para-hydroxylation sites is 1. The summed E-state index contributed by atoms with van der Waals surface area (Å²) in [5.41, 5.74) is 6.66. The first-order valence-electron chi connectivity index (χ1n) is 4.66. The molecule has 1 unspecified atom stereocenters. The molecule has 0 aliphatic heterocycles. The molecule has 0 saturated carbocycles. The van der Waals surface area contributed by atoms with Gasteiger partial charge in [0, 0.05) is 11.6 Å². The van der Waals surface area contributed by atoms with Crippen LogP contribution in [0, 0.1) is 11.7 Å². The minimum Gasteiger partial charge on any atom is -0.493 e. The van der Waals surface area contributed by atoms with Crippen LogP contribution in [0.15, 0.2) is 18.2 Å². The van der Waals surface area contributed by atoms with E-state index >= 15 is 0 Å². The summed E-state index contributed by atoms with van der Waals surface area (Å²) >= 11 is 0. The number of hydrogen-bond donors (Lipinski definition) is 1. The summed E-state index contributed by atoms with van der Waals surface area (Å²) in [6, 6.07) is 4.62. The number of methoxy groups -OCH3 is 1. The highest BCUT2D eigenvalue weighted by molar-refractivity contribution is 5.85. The van der Waals surface area contributed by atoms with Gasteiger partial charge < -0.3 is 10.5 Å². The fraction of sp³-hybridized carbons (Fsp3) is 0.455. The summed E-state index contributed by atoms with van der Waals surface area (Å²) in [6.07, 6.45) is 0. The topological polar surface area (TPSA) is 35.2 Å². The largest absolute Gasteiger partial charge is 0.493 e. The SMILES string of the molecule is COc1c(F)cccc1C(N)C(C)C.Cl. The summed E-state index contributed by atoms with van der Waals surface area (Å²) in [5.74, 6) is 0.153. The van der Waals surface area contributed by atoms with Crippen LogP contribution in [0.5, 0.6) is 5.75 Å². The summed E-state index contributed by atoms with van der Waals surface area (Å²) in [5, 5.41) is 0. The van der Waals surface area contributed by atoms with Crippen LogP contribution in [0.3, 0.4) is 0 Å². The zero-order chi connectivity index (χ0) is 10.7. The van der Waals surface area contributed by atoms with Crippen molar-refractivity contribution in [2.45, 2.75) is 19.9 Å². The summed E-state index contributed by atoms with van der Waals surface area (Å²) in [4.78, 5) is 0. The molecule has 1 atom stereocenters. The van der Waals surface area contributed by atoms with Crippen molar-refractivity contribution in [2.24, 2.45) is 11.7 Å². The van der Waals surface area contributed by atoms with Crippen LogP contribution in [-0.2, 0) is 0 Å². The zero-order valence-corrected chi connectivity index (χ0v) is 9.98. The van der Waals surface area contributed by atoms with Crippen molar-refractivity contribution in [3.8, 4) is 5.75 Å². The van der Waals surface area contributed by atoms with Gasteiger partial charge in [-0.05, 0) is 12.0 Å². The van der Waals surface area contributed by atoms with E-state index < -0.39 is 0 Å². The normalized spacial score (nSPS) is 12.1. The maximum Gasteiger partial charge on any atom is 0.165 e. The van der Waals surface area contributed by atoms with Gasteiger partial charge in [-0.2, -0.15) is 0 Å². The van der Waals surface area contributed by atoms with Gasteiger partial charge in [-0.3, -0.25) is 0 Å². The minimum atomic E-state index is -0.360. The number of nitrogens with two attached hydrogens (primary N) is 1. The number of halogens is 2. The molecule has 15 heavy (non-hydrogen) atoms. The third kappa shape index (κ3) is 3.08. The molecule has 86 valence electrons. The van der Waals surface area contributed by atoms with E-state index in [9.17, 15) is 4.39 Å². The average Bonchev–Trinajstić information content (AvgIpc) is 2.16. The summed E-state index contributed by atoms with van der Waals surface area (Å²) < 4.78 is 18.3. The molecule has 0 aliphatic carbocycles. The Morgan fingerprint density at radius 3 is 2.40 bits per heavy atom. The third-order valence-electron chi connectivity index (χ3n) is 2.28. The van der Waals surface area contributed by atoms with Gasteiger partial charge >= 0.3 is 0 Å². The number of ether oxygens (including phenoxy) is 1. The van der Waals surface area contributed by atoms with Crippen molar-refractivity contribution in [1.82, 2.24) is 0 Å². The van der Waals surface area contributed by atoms with Gasteiger partial charge in [0.05, 0.1) is 7.11 Å². The van der Waals surface area contributed by atoms with E-state index in [1.165, 1.54) is 13.2 Å².